The monoisotopic (exact) mass is 202 g/mol. The van der Waals surface area contributed by atoms with Crippen LogP contribution in [0.3, 0.4) is 0 Å². The number of nitrogens with two attached hydrogens (primary N) is 1. The molecule has 14 heavy (non-hydrogen) atoms. The highest BCUT2D eigenvalue weighted by Gasteiger charge is 2.19. The lowest BCUT2D eigenvalue weighted by Crippen LogP contribution is -2.30. The molecule has 0 bridgehead atoms. The normalized spacial score (nSPS) is 20.8. The van der Waals surface area contributed by atoms with Crippen molar-refractivity contribution in [3.05, 3.63) is 0 Å². The molecule has 5 heteroatoms. The highest BCUT2D eigenvalue weighted by Crippen LogP contribution is 2.07. The topological polar surface area (TPSA) is 73.6 Å². The van der Waals surface area contributed by atoms with E-state index >= 15 is 0 Å². The van der Waals surface area contributed by atoms with Crippen molar-refractivity contribution in [2.24, 2.45) is 5.73 Å². The van der Waals surface area contributed by atoms with Crippen LogP contribution in [-0.2, 0) is 9.47 Å². The molecule has 1 saturated heterocycles. The van der Waals surface area contributed by atoms with E-state index in [4.69, 9.17) is 15.2 Å². The Labute approximate surface area is 83.9 Å². The number of rotatable bonds is 5. The molecule has 0 aromatic carbocycles. The second kappa shape index (κ2) is 6.62. The Balaban J connectivity index is 1.98. The Morgan fingerprint density at radius 2 is 2.43 bits per heavy atom. The molecule has 0 unspecified atom stereocenters. The van der Waals surface area contributed by atoms with Crippen molar-refractivity contribution in [2.45, 2.75) is 25.4 Å². The van der Waals surface area contributed by atoms with Crippen molar-refractivity contribution >= 4 is 6.09 Å². The molecule has 5 nitrogen and oxygen atoms in total. The van der Waals surface area contributed by atoms with Crippen LogP contribution < -0.4 is 11.1 Å². The lowest BCUT2D eigenvalue weighted by atomic mass is 10.3. The van der Waals surface area contributed by atoms with Crippen molar-refractivity contribution in [3.63, 3.8) is 0 Å². The van der Waals surface area contributed by atoms with E-state index in [0.29, 0.717) is 26.3 Å². The molecule has 0 radical (unpaired) electrons. The number of hydrogen-bond acceptors (Lipinski definition) is 4. The molecule has 1 aliphatic heterocycles. The van der Waals surface area contributed by atoms with E-state index in [0.717, 1.165) is 19.3 Å². The summed E-state index contributed by atoms with van der Waals surface area (Å²) < 4.78 is 10.2. The molecule has 1 fully saturated rings. The van der Waals surface area contributed by atoms with E-state index in [2.05, 4.69) is 5.32 Å². The van der Waals surface area contributed by atoms with Crippen LogP contribution in [0.25, 0.3) is 0 Å². The van der Waals surface area contributed by atoms with Gasteiger partial charge in [-0.05, 0) is 19.4 Å². The Morgan fingerprint density at radius 1 is 1.57 bits per heavy atom. The minimum Gasteiger partial charge on any atom is -0.444 e. The van der Waals surface area contributed by atoms with Crippen LogP contribution in [0.1, 0.15) is 19.3 Å². The van der Waals surface area contributed by atoms with Gasteiger partial charge in [-0.3, -0.25) is 0 Å². The van der Waals surface area contributed by atoms with E-state index in [9.17, 15) is 4.79 Å². The average molecular weight is 202 g/mol. The van der Waals surface area contributed by atoms with Crippen molar-refractivity contribution < 1.29 is 14.3 Å². The van der Waals surface area contributed by atoms with Gasteiger partial charge in [0.05, 0.1) is 13.2 Å². The second-order valence-corrected chi connectivity index (χ2v) is 3.31. The Kier molecular flexibility index (Phi) is 5.32. The third kappa shape index (κ3) is 4.43. The first-order valence-electron chi connectivity index (χ1n) is 5.05. The molecule has 0 spiro atoms. The number of carbonyl (C=O) groups excluding carboxylic acids is 1. The highest BCUT2D eigenvalue weighted by atomic mass is 16.6. The molecule has 1 atom stereocenters. The molecule has 0 aromatic heterocycles. The smallest absolute Gasteiger partial charge is 0.407 e. The van der Waals surface area contributed by atoms with Gasteiger partial charge in [-0.2, -0.15) is 0 Å². The second-order valence-electron chi connectivity index (χ2n) is 3.31. The number of carbonyl (C=O) groups is 1. The summed E-state index contributed by atoms with van der Waals surface area (Å²) in [4.78, 5) is 11.1. The molecule has 1 amide bonds. The van der Waals surface area contributed by atoms with Crippen molar-refractivity contribution in [3.8, 4) is 0 Å². The number of ether oxygens (including phenoxy) is 2. The molecule has 0 aromatic rings. The lowest BCUT2D eigenvalue weighted by Gasteiger charge is -2.10. The van der Waals surface area contributed by atoms with Gasteiger partial charge in [0.15, 0.2) is 0 Å². The summed E-state index contributed by atoms with van der Waals surface area (Å²) in [6.07, 6.45) is 2.21. The predicted molar refractivity (Wildman–Crippen MR) is 52.0 cm³/mol. The first-order chi connectivity index (χ1) is 6.83. The van der Waals surface area contributed by atoms with Crippen LogP contribution in [0.2, 0.25) is 0 Å². The minimum atomic E-state index is -0.350. The molecule has 3 N–H and O–H groups in total. The van der Waals surface area contributed by atoms with Crippen molar-refractivity contribution in [1.82, 2.24) is 5.32 Å². The fraction of sp³-hybridized carbons (Fsp3) is 0.889. The molecule has 1 aliphatic rings. The predicted octanol–water partition coefficient (Wildman–Crippen LogP) is 0.240. The number of amides is 1. The van der Waals surface area contributed by atoms with Gasteiger partial charge in [-0.25, -0.2) is 4.79 Å². The van der Waals surface area contributed by atoms with Crippen LogP contribution in [0.5, 0.6) is 0 Å². The van der Waals surface area contributed by atoms with Gasteiger partial charge in [-0.1, -0.05) is 0 Å². The molecular weight excluding hydrogens is 184 g/mol. The summed E-state index contributed by atoms with van der Waals surface area (Å²) in [5.41, 5.74) is 5.32. The van der Waals surface area contributed by atoms with Gasteiger partial charge in [0.25, 0.3) is 0 Å². The Bertz CT molecular complexity index is 169. The molecular formula is C9H18N2O3. The van der Waals surface area contributed by atoms with E-state index in [-0.39, 0.29) is 12.2 Å². The molecule has 1 heterocycles. The van der Waals surface area contributed by atoms with Crippen LogP contribution in [0, 0.1) is 0 Å². The maximum atomic E-state index is 11.1. The number of unbranched alkanes of at least 4 members (excludes halogenated alkanes) is 1. The number of alkyl carbamates (subject to hydrolysis) is 1. The van der Waals surface area contributed by atoms with Gasteiger partial charge in [-0.15, -0.1) is 0 Å². The quantitative estimate of drug-likeness (QED) is 0.626. The lowest BCUT2D eigenvalue weighted by molar-refractivity contribution is 0.0831. The van der Waals surface area contributed by atoms with E-state index in [1.165, 1.54) is 0 Å². The van der Waals surface area contributed by atoms with Crippen LogP contribution in [0.15, 0.2) is 0 Å². The minimum absolute atomic E-state index is 0.0653. The molecule has 0 aliphatic carbocycles. The first-order valence-corrected chi connectivity index (χ1v) is 5.05. The maximum Gasteiger partial charge on any atom is 0.407 e. The molecule has 1 rings (SSSR count). The standard InChI is InChI=1S/C9H18N2O3/c10-4-1-2-5-11-9(12)14-8-3-6-13-7-8/h8H,1-7,10H2,(H,11,12)/t8-/m0/s1. The average Bonchev–Trinajstić information content (AvgIpc) is 2.65. The van der Waals surface area contributed by atoms with Gasteiger partial charge >= 0.3 is 6.09 Å². The maximum absolute atomic E-state index is 11.1. The van der Waals surface area contributed by atoms with E-state index in [1.54, 1.807) is 0 Å². The summed E-state index contributed by atoms with van der Waals surface area (Å²) in [6, 6.07) is 0. The highest BCUT2D eigenvalue weighted by molar-refractivity contribution is 5.67. The number of hydrogen-bond donors (Lipinski definition) is 2. The zero-order valence-electron chi connectivity index (χ0n) is 8.33. The fourth-order valence-electron chi connectivity index (χ4n) is 1.26. The van der Waals surface area contributed by atoms with E-state index in [1.807, 2.05) is 0 Å². The summed E-state index contributed by atoms with van der Waals surface area (Å²) in [5, 5.41) is 2.67. The van der Waals surface area contributed by atoms with Crippen molar-refractivity contribution in [1.29, 1.82) is 0 Å². The van der Waals surface area contributed by atoms with E-state index < -0.39 is 0 Å². The summed E-state index contributed by atoms with van der Waals surface area (Å²) in [5.74, 6) is 0. The van der Waals surface area contributed by atoms with Gasteiger partial charge in [0.1, 0.15) is 6.10 Å². The fourth-order valence-corrected chi connectivity index (χ4v) is 1.26. The van der Waals surface area contributed by atoms with Gasteiger partial charge in [0.2, 0.25) is 0 Å². The Hall–Kier alpha value is -0.810. The first kappa shape index (κ1) is 11.3. The van der Waals surface area contributed by atoms with Crippen molar-refractivity contribution in [2.75, 3.05) is 26.3 Å². The Morgan fingerprint density at radius 3 is 3.07 bits per heavy atom. The summed E-state index contributed by atoms with van der Waals surface area (Å²) in [7, 11) is 0. The third-order valence-electron chi connectivity index (χ3n) is 2.06. The third-order valence-corrected chi connectivity index (χ3v) is 2.06. The molecule has 82 valence electrons. The van der Waals surface area contributed by atoms with Crippen LogP contribution in [-0.4, -0.2) is 38.5 Å². The number of nitrogens with one attached hydrogen (secondary N) is 1. The molecule has 0 saturated carbocycles. The van der Waals surface area contributed by atoms with Gasteiger partial charge < -0.3 is 20.5 Å². The van der Waals surface area contributed by atoms with Crippen LogP contribution in [0.4, 0.5) is 4.79 Å². The summed E-state index contributed by atoms with van der Waals surface area (Å²) in [6.45, 7) is 2.50. The SMILES string of the molecule is NCCCCNC(=O)O[C@H]1CCOC1. The zero-order valence-corrected chi connectivity index (χ0v) is 8.33. The largest absolute Gasteiger partial charge is 0.444 e. The summed E-state index contributed by atoms with van der Waals surface area (Å²) >= 11 is 0. The van der Waals surface area contributed by atoms with Crippen LogP contribution >= 0.6 is 0 Å². The van der Waals surface area contributed by atoms with Gasteiger partial charge in [0, 0.05) is 13.0 Å². The zero-order chi connectivity index (χ0) is 10.2.